The molecule has 0 saturated carbocycles. The van der Waals surface area contributed by atoms with E-state index >= 15 is 0 Å². The first kappa shape index (κ1) is 25.3. The van der Waals surface area contributed by atoms with Crippen molar-refractivity contribution in [2.45, 2.75) is 38.4 Å². The van der Waals surface area contributed by atoms with Gasteiger partial charge in [-0.25, -0.2) is 0 Å². The number of azide groups is 2. The van der Waals surface area contributed by atoms with Crippen molar-refractivity contribution in [2.24, 2.45) is 27.8 Å². The van der Waals surface area contributed by atoms with E-state index in [0.29, 0.717) is 6.42 Å². The highest BCUT2D eigenvalue weighted by Gasteiger charge is 2.39. The van der Waals surface area contributed by atoms with E-state index in [-0.39, 0.29) is 49.9 Å². The molecule has 5 N–H and O–H groups in total. The second-order valence-corrected chi connectivity index (χ2v) is 6.58. The number of nitrogens with zero attached hydrogens (tertiary/aromatic N) is 6. The minimum absolute atomic E-state index is 0. The minimum atomic E-state index is -0.866. The van der Waals surface area contributed by atoms with Crippen molar-refractivity contribution in [2.75, 3.05) is 19.6 Å². The van der Waals surface area contributed by atoms with Crippen molar-refractivity contribution in [3.05, 3.63) is 20.9 Å². The summed E-state index contributed by atoms with van der Waals surface area (Å²) in [5, 5.41) is 15.1. The summed E-state index contributed by atoms with van der Waals surface area (Å²) in [5.41, 5.74) is 22.0. The van der Waals surface area contributed by atoms with Gasteiger partial charge < -0.3 is 21.7 Å². The molecule has 1 heterocycles. The predicted molar refractivity (Wildman–Crippen MR) is 103 cm³/mol. The van der Waals surface area contributed by atoms with Crippen molar-refractivity contribution >= 4 is 30.1 Å². The monoisotopic (exact) mass is 416 g/mol. The Kier molecular flexibility index (Phi) is 11.4. The third-order valence-corrected chi connectivity index (χ3v) is 4.18. The van der Waals surface area contributed by atoms with Gasteiger partial charge in [0.15, 0.2) is 0 Å². The zero-order valence-corrected chi connectivity index (χ0v) is 16.4. The molecular weight excluding hydrogens is 392 g/mol. The molecule has 0 bridgehead atoms. The lowest BCUT2D eigenvalue weighted by Crippen LogP contribution is -2.56. The van der Waals surface area contributed by atoms with Crippen LogP contribution in [0, 0.1) is 11.8 Å². The van der Waals surface area contributed by atoms with E-state index in [2.05, 4.69) is 36.0 Å². The molecule has 0 unspecified atom stereocenters. The summed E-state index contributed by atoms with van der Waals surface area (Å²) in [6, 6.07) is -1.81. The summed E-state index contributed by atoms with van der Waals surface area (Å²) in [6.07, 6.45) is 0.482. The number of carbonyl (C=O) groups excluding carboxylic acids is 3. The molecule has 156 valence electrons. The number of hydrogen-bond donors (Lipinski definition) is 4. The van der Waals surface area contributed by atoms with Crippen LogP contribution in [0.2, 0.25) is 0 Å². The second kappa shape index (κ2) is 12.6. The average Bonchev–Trinajstić information content (AvgIpc) is 3.03. The molecule has 1 aliphatic rings. The van der Waals surface area contributed by atoms with Crippen LogP contribution in [0.3, 0.4) is 0 Å². The fourth-order valence-electron chi connectivity index (χ4n) is 2.90. The maximum absolute atomic E-state index is 12.7. The number of nitrogens with two attached hydrogens (primary N) is 1. The summed E-state index contributed by atoms with van der Waals surface area (Å²) < 4.78 is 0. The molecule has 1 saturated heterocycles. The van der Waals surface area contributed by atoms with Gasteiger partial charge in [0.2, 0.25) is 17.7 Å². The SMILES string of the molecule is CC(C)[C@H](NC(=O)[C@@H]1N[C@@H](CN=[N+]=[N-])C[C@H]1CN=[N+]=[N-])C(=O)NCC(N)=O.Cl. The Hall–Kier alpha value is -2.72. The largest absolute Gasteiger partial charge is 0.368 e. The lowest BCUT2D eigenvalue weighted by Gasteiger charge is -2.25. The van der Waals surface area contributed by atoms with Crippen LogP contribution >= 0.6 is 12.4 Å². The summed E-state index contributed by atoms with van der Waals surface area (Å²) in [6.45, 7) is 3.42. The van der Waals surface area contributed by atoms with Gasteiger partial charge in [-0.1, -0.05) is 24.1 Å². The Morgan fingerprint density at radius 1 is 1.21 bits per heavy atom. The Morgan fingerprint density at radius 2 is 1.82 bits per heavy atom. The van der Waals surface area contributed by atoms with E-state index in [4.69, 9.17) is 16.8 Å². The molecule has 0 aromatic carbocycles. The number of rotatable bonds is 10. The van der Waals surface area contributed by atoms with Crippen LogP contribution in [-0.2, 0) is 14.4 Å². The van der Waals surface area contributed by atoms with E-state index in [0.717, 1.165) is 0 Å². The second-order valence-electron chi connectivity index (χ2n) is 6.58. The maximum atomic E-state index is 12.7. The van der Waals surface area contributed by atoms with E-state index in [9.17, 15) is 14.4 Å². The van der Waals surface area contributed by atoms with Gasteiger partial charge in [-0.2, -0.15) is 0 Å². The van der Waals surface area contributed by atoms with E-state index < -0.39 is 29.8 Å². The van der Waals surface area contributed by atoms with E-state index in [1.165, 1.54) is 0 Å². The highest BCUT2D eigenvalue weighted by molar-refractivity contribution is 5.92. The van der Waals surface area contributed by atoms with Crippen LogP contribution in [0.1, 0.15) is 20.3 Å². The standard InChI is InChI=1S/C14H24N10O3.ClH/c1-7(2)11(13(26)18-6-10(15)25)22-14(27)12-8(4-19-23-16)3-9(21-12)5-20-24-17;/h7-9,11-12,21H,3-6H2,1-2H3,(H2,15,25)(H,18,26)(H,22,27);1H/t8-,9+,11-,12+;/m0./s1. The molecule has 4 atom stereocenters. The van der Waals surface area contributed by atoms with Crippen LogP contribution in [0.4, 0.5) is 0 Å². The van der Waals surface area contributed by atoms with Crippen LogP contribution in [-0.4, -0.2) is 55.5 Å². The molecule has 1 fully saturated rings. The van der Waals surface area contributed by atoms with E-state index in [1.807, 2.05) is 0 Å². The van der Waals surface area contributed by atoms with Crippen molar-refractivity contribution in [1.29, 1.82) is 0 Å². The zero-order chi connectivity index (χ0) is 20.4. The van der Waals surface area contributed by atoms with Crippen LogP contribution in [0.15, 0.2) is 10.2 Å². The summed E-state index contributed by atoms with van der Waals surface area (Å²) in [4.78, 5) is 41.2. The first-order valence-electron chi connectivity index (χ1n) is 8.44. The lowest BCUT2D eigenvalue weighted by atomic mass is 9.97. The van der Waals surface area contributed by atoms with Gasteiger partial charge >= 0.3 is 0 Å². The molecular formula is C14H25ClN10O3. The van der Waals surface area contributed by atoms with Crippen LogP contribution in [0.25, 0.3) is 20.9 Å². The minimum Gasteiger partial charge on any atom is -0.368 e. The third-order valence-electron chi connectivity index (χ3n) is 4.18. The Morgan fingerprint density at radius 3 is 2.36 bits per heavy atom. The topological polar surface area (TPSA) is 211 Å². The fourth-order valence-corrected chi connectivity index (χ4v) is 2.90. The fraction of sp³-hybridized carbons (Fsp3) is 0.786. The lowest BCUT2D eigenvalue weighted by molar-refractivity contribution is -0.132. The Labute approximate surface area is 167 Å². The van der Waals surface area contributed by atoms with Gasteiger partial charge in [-0.3, -0.25) is 14.4 Å². The van der Waals surface area contributed by atoms with Gasteiger partial charge in [0.25, 0.3) is 0 Å². The van der Waals surface area contributed by atoms with Gasteiger partial charge in [0.1, 0.15) is 6.04 Å². The average molecular weight is 417 g/mol. The molecule has 0 aromatic rings. The molecule has 1 rings (SSSR count). The van der Waals surface area contributed by atoms with Gasteiger partial charge in [-0.15, -0.1) is 12.4 Å². The number of carbonyl (C=O) groups is 3. The molecule has 28 heavy (non-hydrogen) atoms. The number of halogens is 1. The molecule has 0 radical (unpaired) electrons. The van der Waals surface area contributed by atoms with Crippen molar-refractivity contribution in [3.63, 3.8) is 0 Å². The summed E-state index contributed by atoms with van der Waals surface area (Å²) in [7, 11) is 0. The number of amides is 3. The predicted octanol–water partition coefficient (Wildman–Crippen LogP) is 0.118. The molecule has 1 aliphatic heterocycles. The van der Waals surface area contributed by atoms with Gasteiger partial charge in [-0.05, 0) is 29.3 Å². The Bertz CT molecular complexity index is 660. The Balaban J connectivity index is 0.00000729. The molecule has 0 aromatic heterocycles. The highest BCUT2D eigenvalue weighted by Crippen LogP contribution is 2.22. The molecule has 3 amide bonds. The number of hydrogen-bond acceptors (Lipinski definition) is 6. The summed E-state index contributed by atoms with van der Waals surface area (Å²) >= 11 is 0. The smallest absolute Gasteiger partial charge is 0.243 e. The maximum Gasteiger partial charge on any atom is 0.243 e. The third kappa shape index (κ3) is 7.89. The van der Waals surface area contributed by atoms with Crippen molar-refractivity contribution in [1.82, 2.24) is 16.0 Å². The normalized spacial score (nSPS) is 21.5. The first-order chi connectivity index (χ1) is 12.8. The van der Waals surface area contributed by atoms with Crippen molar-refractivity contribution in [3.8, 4) is 0 Å². The molecule has 13 nitrogen and oxygen atoms in total. The van der Waals surface area contributed by atoms with Crippen LogP contribution in [0.5, 0.6) is 0 Å². The molecule has 0 spiro atoms. The van der Waals surface area contributed by atoms with Crippen molar-refractivity contribution < 1.29 is 14.4 Å². The van der Waals surface area contributed by atoms with Crippen LogP contribution < -0.4 is 21.7 Å². The van der Waals surface area contributed by atoms with Gasteiger partial charge in [0.05, 0.1) is 12.6 Å². The highest BCUT2D eigenvalue weighted by atomic mass is 35.5. The first-order valence-corrected chi connectivity index (χ1v) is 8.44. The number of nitrogens with one attached hydrogen (secondary N) is 3. The number of primary amides is 1. The van der Waals surface area contributed by atoms with Gasteiger partial charge in [0, 0.05) is 29.0 Å². The molecule has 0 aliphatic carbocycles. The zero-order valence-electron chi connectivity index (χ0n) is 15.6. The molecule has 14 heteroatoms. The summed E-state index contributed by atoms with van der Waals surface area (Å²) in [5.74, 6) is -2.19. The quantitative estimate of drug-likeness (QED) is 0.222. The van der Waals surface area contributed by atoms with E-state index in [1.54, 1.807) is 13.8 Å².